The summed E-state index contributed by atoms with van der Waals surface area (Å²) in [6, 6.07) is 22.9. The van der Waals surface area contributed by atoms with Gasteiger partial charge >= 0.3 is 0 Å². The number of aryl methyl sites for hydroxylation is 2. The zero-order valence-electron chi connectivity index (χ0n) is 22.8. The summed E-state index contributed by atoms with van der Waals surface area (Å²) in [5.41, 5.74) is 15.8. The van der Waals surface area contributed by atoms with Gasteiger partial charge in [-0.2, -0.15) is 0 Å². The van der Waals surface area contributed by atoms with Gasteiger partial charge in [0.2, 0.25) is 5.96 Å². The van der Waals surface area contributed by atoms with Crippen LogP contribution in [0.4, 0.5) is 11.4 Å². The molecule has 0 heterocycles. The van der Waals surface area contributed by atoms with Crippen LogP contribution in [0.2, 0.25) is 0 Å². The fourth-order valence-electron chi connectivity index (χ4n) is 4.82. The molecule has 0 saturated carbocycles. The molecule has 0 aliphatic heterocycles. The Kier molecular flexibility index (Phi) is 8.26. The number of methoxy groups -OCH3 is 1. The first-order chi connectivity index (χ1) is 18.7. The highest BCUT2D eigenvalue weighted by Crippen LogP contribution is 2.37. The van der Waals surface area contributed by atoms with E-state index in [4.69, 9.17) is 10.5 Å². The summed E-state index contributed by atoms with van der Waals surface area (Å²) in [5.74, 6) is -0.0287. The van der Waals surface area contributed by atoms with E-state index in [0.29, 0.717) is 28.3 Å². The van der Waals surface area contributed by atoms with Crippen LogP contribution in [0.1, 0.15) is 48.5 Å². The van der Waals surface area contributed by atoms with Gasteiger partial charge < -0.3 is 15.8 Å². The first-order valence-corrected chi connectivity index (χ1v) is 12.7. The molecule has 0 spiro atoms. The molecule has 4 N–H and O–H groups in total. The predicted octanol–water partition coefficient (Wildman–Crippen LogP) is 6.24. The number of benzene rings is 4. The number of hydrogen-bond donors (Lipinski definition) is 3. The van der Waals surface area contributed by atoms with Crippen LogP contribution in [0.25, 0.3) is 11.1 Å². The third kappa shape index (κ3) is 5.70. The molecule has 1 aliphatic carbocycles. The molecule has 5 rings (SSSR count). The lowest BCUT2D eigenvalue weighted by Crippen LogP contribution is -2.36. The molecule has 0 radical (unpaired) electrons. The summed E-state index contributed by atoms with van der Waals surface area (Å²) < 4.78 is 5.37. The number of nitrogens with zero attached hydrogens (tertiary/aromatic N) is 1. The highest BCUT2D eigenvalue weighted by Gasteiger charge is 2.20. The average Bonchev–Trinajstić information content (AvgIpc) is 3.29. The lowest BCUT2D eigenvalue weighted by molar-refractivity contribution is 0.0975. The van der Waals surface area contributed by atoms with Gasteiger partial charge in [0, 0.05) is 16.8 Å². The maximum Gasteiger partial charge on any atom is 0.258 e. The number of carbonyl (C=O) groups excluding carboxylic acids is 2. The molecule has 204 valence electrons. The van der Waals surface area contributed by atoms with Gasteiger partial charge in [-0.15, -0.1) is 12.4 Å². The van der Waals surface area contributed by atoms with Crippen molar-refractivity contribution in [2.75, 3.05) is 12.4 Å². The standard InChI is InChI=1S/C32H30N4O3.ClH/c1-18-9-11-25(34-32(33)36-31(38)24-13-19(2)20(3)29(16-24)39-4)17-28(18)35-30(37)22-10-12-27-23(15-22)14-21-7-5-6-8-26(21)27;/h5-13,15-17H,14H2,1-4H3,(H,35,37)(H3,33,34,36,38);1H. The lowest BCUT2D eigenvalue weighted by atomic mass is 10.0. The molecule has 0 fully saturated rings. The topological polar surface area (TPSA) is 106 Å². The van der Waals surface area contributed by atoms with E-state index in [0.717, 1.165) is 28.7 Å². The molecule has 1 aliphatic rings. The Morgan fingerprint density at radius 1 is 0.825 bits per heavy atom. The van der Waals surface area contributed by atoms with E-state index in [1.165, 1.54) is 16.7 Å². The van der Waals surface area contributed by atoms with Crippen LogP contribution in [0, 0.1) is 20.8 Å². The molecule has 0 aromatic heterocycles. The summed E-state index contributed by atoms with van der Waals surface area (Å²) in [6.45, 7) is 5.75. The molecule has 0 unspecified atom stereocenters. The number of nitrogens with one attached hydrogen (secondary N) is 2. The Bertz CT molecular complexity index is 1660. The number of hydrogen-bond acceptors (Lipinski definition) is 4. The number of halogens is 1. The third-order valence-electron chi connectivity index (χ3n) is 7.12. The van der Waals surface area contributed by atoms with Crippen molar-refractivity contribution < 1.29 is 14.3 Å². The minimum atomic E-state index is -0.392. The Balaban J connectivity index is 0.00000370. The number of nitrogens with two attached hydrogens (primary N) is 1. The van der Waals surface area contributed by atoms with Crippen molar-refractivity contribution in [2.45, 2.75) is 27.2 Å². The van der Waals surface area contributed by atoms with Crippen molar-refractivity contribution in [3.8, 4) is 16.9 Å². The monoisotopic (exact) mass is 554 g/mol. The molecular formula is C32H31ClN4O3. The summed E-state index contributed by atoms with van der Waals surface area (Å²) in [4.78, 5) is 30.2. The summed E-state index contributed by atoms with van der Waals surface area (Å²) in [7, 11) is 1.57. The van der Waals surface area contributed by atoms with E-state index < -0.39 is 5.91 Å². The smallest absolute Gasteiger partial charge is 0.258 e. The van der Waals surface area contributed by atoms with Crippen molar-refractivity contribution in [1.82, 2.24) is 5.32 Å². The van der Waals surface area contributed by atoms with Crippen molar-refractivity contribution in [3.63, 3.8) is 0 Å². The number of ether oxygens (including phenoxy) is 1. The first kappa shape index (κ1) is 28.4. The van der Waals surface area contributed by atoms with Gasteiger partial charge in [0.15, 0.2) is 0 Å². The Labute approximate surface area is 239 Å². The number of rotatable bonds is 5. The first-order valence-electron chi connectivity index (χ1n) is 12.7. The van der Waals surface area contributed by atoms with Gasteiger partial charge in [-0.3, -0.25) is 14.9 Å². The zero-order valence-corrected chi connectivity index (χ0v) is 23.6. The maximum atomic E-state index is 13.1. The third-order valence-corrected chi connectivity index (χ3v) is 7.12. The Morgan fingerprint density at radius 2 is 1.57 bits per heavy atom. The van der Waals surface area contributed by atoms with E-state index in [-0.39, 0.29) is 24.3 Å². The fourth-order valence-corrected chi connectivity index (χ4v) is 4.82. The minimum Gasteiger partial charge on any atom is -0.496 e. The van der Waals surface area contributed by atoms with Crippen molar-refractivity contribution in [2.24, 2.45) is 10.7 Å². The lowest BCUT2D eigenvalue weighted by Gasteiger charge is -2.12. The number of guanidine groups is 1. The largest absolute Gasteiger partial charge is 0.496 e. The van der Waals surface area contributed by atoms with Gasteiger partial charge in [-0.25, -0.2) is 4.99 Å². The highest BCUT2D eigenvalue weighted by molar-refractivity contribution is 6.07. The van der Waals surface area contributed by atoms with Crippen LogP contribution in [0.15, 0.2) is 77.8 Å². The van der Waals surface area contributed by atoms with Gasteiger partial charge in [0.25, 0.3) is 11.8 Å². The van der Waals surface area contributed by atoms with E-state index in [2.05, 4.69) is 27.8 Å². The minimum absolute atomic E-state index is 0. The van der Waals surface area contributed by atoms with Crippen molar-refractivity contribution in [1.29, 1.82) is 0 Å². The van der Waals surface area contributed by atoms with Gasteiger partial charge in [0.1, 0.15) is 5.75 Å². The molecule has 0 saturated heterocycles. The summed E-state index contributed by atoms with van der Waals surface area (Å²) >= 11 is 0. The Morgan fingerprint density at radius 3 is 2.35 bits per heavy atom. The number of fused-ring (bicyclic) bond motifs is 3. The zero-order chi connectivity index (χ0) is 27.7. The molecule has 4 aromatic carbocycles. The van der Waals surface area contributed by atoms with E-state index >= 15 is 0 Å². The number of anilines is 1. The molecule has 4 aromatic rings. The van der Waals surface area contributed by atoms with Crippen LogP contribution >= 0.6 is 12.4 Å². The van der Waals surface area contributed by atoms with Crippen LogP contribution in [0.5, 0.6) is 5.75 Å². The second-order valence-electron chi connectivity index (χ2n) is 9.73. The van der Waals surface area contributed by atoms with Crippen LogP contribution in [-0.2, 0) is 6.42 Å². The SMILES string of the molecule is COc1cc(C(=O)NC(N)=Nc2ccc(C)c(NC(=O)c3ccc4c(c3)Cc3ccccc3-4)c2)cc(C)c1C.Cl. The normalized spacial score (nSPS) is 11.7. The van der Waals surface area contributed by atoms with Gasteiger partial charge in [0.05, 0.1) is 12.8 Å². The maximum absolute atomic E-state index is 13.1. The average molecular weight is 555 g/mol. The molecular weight excluding hydrogens is 524 g/mol. The number of aliphatic imine (C=N–C) groups is 1. The highest BCUT2D eigenvalue weighted by atomic mass is 35.5. The van der Waals surface area contributed by atoms with Crippen molar-refractivity contribution in [3.05, 3.63) is 112 Å². The quantitative estimate of drug-likeness (QED) is 0.176. The molecule has 2 amide bonds. The molecule has 40 heavy (non-hydrogen) atoms. The molecule has 8 heteroatoms. The number of amides is 2. The molecule has 0 atom stereocenters. The fraction of sp³-hybridized carbons (Fsp3) is 0.156. The second-order valence-corrected chi connectivity index (χ2v) is 9.73. The van der Waals surface area contributed by atoms with Crippen LogP contribution in [0.3, 0.4) is 0 Å². The van der Waals surface area contributed by atoms with E-state index in [1.807, 2.05) is 57.2 Å². The van der Waals surface area contributed by atoms with Gasteiger partial charge in [-0.05, 0) is 103 Å². The Hall–Kier alpha value is -4.62. The molecule has 0 bridgehead atoms. The van der Waals surface area contributed by atoms with Crippen LogP contribution in [-0.4, -0.2) is 24.9 Å². The van der Waals surface area contributed by atoms with Crippen LogP contribution < -0.4 is 21.1 Å². The second kappa shape index (κ2) is 11.6. The predicted molar refractivity (Wildman–Crippen MR) is 162 cm³/mol. The number of carbonyl (C=O) groups is 2. The summed E-state index contributed by atoms with van der Waals surface area (Å²) in [6.07, 6.45) is 0.815. The summed E-state index contributed by atoms with van der Waals surface area (Å²) in [5, 5.41) is 5.61. The molecule has 7 nitrogen and oxygen atoms in total. The van der Waals surface area contributed by atoms with Gasteiger partial charge in [-0.1, -0.05) is 36.4 Å². The van der Waals surface area contributed by atoms with E-state index in [1.54, 1.807) is 31.4 Å². The van der Waals surface area contributed by atoms with Crippen molar-refractivity contribution >= 4 is 41.6 Å². The van der Waals surface area contributed by atoms with E-state index in [9.17, 15) is 9.59 Å².